The van der Waals surface area contributed by atoms with Crippen molar-refractivity contribution in [2.24, 2.45) is 11.8 Å². The number of rotatable bonds is 2. The smallest absolute Gasteiger partial charge is 0.241 e. The van der Waals surface area contributed by atoms with Crippen LogP contribution in [0, 0.1) is 11.8 Å². The van der Waals surface area contributed by atoms with E-state index in [2.05, 4.69) is 4.72 Å². The molecule has 1 aliphatic heterocycles. The molecule has 6 rings (SSSR count). The molecule has 6 heteroatoms. The van der Waals surface area contributed by atoms with E-state index in [9.17, 15) is 13.2 Å². The summed E-state index contributed by atoms with van der Waals surface area (Å²) in [5, 5.41) is 0. The number of ketones is 1. The minimum absolute atomic E-state index is 0.0284. The summed E-state index contributed by atoms with van der Waals surface area (Å²) in [5.74, 6) is -0.129. The van der Waals surface area contributed by atoms with Crippen LogP contribution < -0.4 is 4.72 Å². The van der Waals surface area contributed by atoms with Crippen LogP contribution in [0.2, 0.25) is 0 Å². The molecule has 0 amide bonds. The molecule has 1 aromatic heterocycles. The molecular formula is C24H19NO4S. The summed E-state index contributed by atoms with van der Waals surface area (Å²) in [6, 6.07) is 20.7. The minimum atomic E-state index is -3.67. The van der Waals surface area contributed by atoms with E-state index in [1.807, 2.05) is 48.5 Å². The lowest BCUT2D eigenvalue weighted by Gasteiger charge is -2.32. The Morgan fingerprint density at radius 3 is 2.50 bits per heavy atom. The first kappa shape index (κ1) is 17.9. The molecule has 0 bridgehead atoms. The van der Waals surface area contributed by atoms with Gasteiger partial charge in [0.25, 0.3) is 0 Å². The topological polar surface area (TPSA) is 76.4 Å². The Hall–Kier alpha value is -2.96. The van der Waals surface area contributed by atoms with Crippen molar-refractivity contribution in [2.75, 3.05) is 0 Å². The number of allylic oxidation sites excluding steroid dienone is 1. The molecule has 1 saturated carbocycles. The standard InChI is InChI=1S/C24H19NO4S/c26-19-13-16(20-10-6-12-29-20)23-22(19)17(15-7-2-1-3-8-15)14-24(23)18-9-4-5-11-21(18)30(27,28)25-24/h1-13,17,22-23,25H,14H2/t17-,22+,23-,24-/m0/s1. The number of hydrogen-bond donors (Lipinski definition) is 1. The summed E-state index contributed by atoms with van der Waals surface area (Å²) < 4.78 is 34.8. The second kappa shape index (κ2) is 6.03. The third kappa shape index (κ3) is 2.26. The molecule has 3 aliphatic rings. The summed E-state index contributed by atoms with van der Waals surface area (Å²) >= 11 is 0. The Kier molecular flexibility index (Phi) is 3.59. The van der Waals surface area contributed by atoms with Gasteiger partial charge in [-0.15, -0.1) is 0 Å². The van der Waals surface area contributed by atoms with E-state index in [0.717, 1.165) is 16.7 Å². The van der Waals surface area contributed by atoms with Crippen LogP contribution in [0.25, 0.3) is 5.57 Å². The van der Waals surface area contributed by atoms with Gasteiger partial charge in [-0.3, -0.25) is 4.79 Å². The van der Waals surface area contributed by atoms with Gasteiger partial charge in [-0.2, -0.15) is 4.72 Å². The number of nitrogens with one attached hydrogen (secondary N) is 1. The van der Waals surface area contributed by atoms with E-state index in [1.165, 1.54) is 0 Å². The number of carbonyl (C=O) groups is 1. The third-order valence-corrected chi connectivity index (χ3v) is 8.40. The molecule has 3 aromatic rings. The van der Waals surface area contributed by atoms with Gasteiger partial charge < -0.3 is 4.42 Å². The van der Waals surface area contributed by atoms with Gasteiger partial charge >= 0.3 is 0 Å². The van der Waals surface area contributed by atoms with Crippen molar-refractivity contribution in [2.45, 2.75) is 22.8 Å². The molecule has 1 N–H and O–H groups in total. The summed E-state index contributed by atoms with van der Waals surface area (Å²) in [5.41, 5.74) is 1.68. The summed E-state index contributed by atoms with van der Waals surface area (Å²) in [7, 11) is -3.67. The molecule has 0 radical (unpaired) electrons. The van der Waals surface area contributed by atoms with E-state index in [-0.39, 0.29) is 23.5 Å². The Balaban J connectivity index is 1.61. The Morgan fingerprint density at radius 1 is 0.967 bits per heavy atom. The highest BCUT2D eigenvalue weighted by Crippen LogP contribution is 2.63. The van der Waals surface area contributed by atoms with E-state index in [1.54, 1.807) is 30.5 Å². The van der Waals surface area contributed by atoms with Gasteiger partial charge in [0.2, 0.25) is 10.0 Å². The van der Waals surface area contributed by atoms with Crippen LogP contribution in [0.4, 0.5) is 0 Å². The van der Waals surface area contributed by atoms with Crippen LogP contribution >= 0.6 is 0 Å². The highest BCUT2D eigenvalue weighted by atomic mass is 32.2. The van der Waals surface area contributed by atoms with Gasteiger partial charge in [-0.25, -0.2) is 8.42 Å². The molecule has 4 atom stereocenters. The van der Waals surface area contributed by atoms with Crippen molar-refractivity contribution in [1.29, 1.82) is 0 Å². The first-order chi connectivity index (χ1) is 14.5. The largest absolute Gasteiger partial charge is 0.465 e. The highest BCUT2D eigenvalue weighted by Gasteiger charge is 2.65. The van der Waals surface area contributed by atoms with Crippen molar-refractivity contribution in [3.8, 4) is 0 Å². The number of carbonyl (C=O) groups excluding carboxylic acids is 1. The lowest BCUT2D eigenvalue weighted by Crippen LogP contribution is -2.43. The van der Waals surface area contributed by atoms with Gasteiger partial charge in [0.1, 0.15) is 5.76 Å². The molecule has 150 valence electrons. The predicted octanol–water partition coefficient (Wildman–Crippen LogP) is 3.85. The van der Waals surface area contributed by atoms with Crippen molar-refractivity contribution in [3.05, 3.63) is 96.0 Å². The number of fused-ring (bicyclic) bond motifs is 4. The van der Waals surface area contributed by atoms with Crippen molar-refractivity contribution in [3.63, 3.8) is 0 Å². The van der Waals surface area contributed by atoms with E-state index in [4.69, 9.17) is 4.42 Å². The van der Waals surface area contributed by atoms with Crippen molar-refractivity contribution in [1.82, 2.24) is 4.72 Å². The van der Waals surface area contributed by atoms with Crippen LogP contribution in [0.15, 0.2) is 88.4 Å². The Labute approximate surface area is 174 Å². The van der Waals surface area contributed by atoms with Crippen molar-refractivity contribution >= 4 is 21.4 Å². The average Bonchev–Trinajstić information content (AvgIpc) is 3.50. The monoisotopic (exact) mass is 417 g/mol. The molecule has 1 spiro atoms. The quantitative estimate of drug-likeness (QED) is 0.687. The third-order valence-electron chi connectivity index (χ3n) is 6.83. The lowest BCUT2D eigenvalue weighted by atomic mass is 9.76. The fourth-order valence-electron chi connectivity index (χ4n) is 5.79. The number of hydrogen-bond acceptors (Lipinski definition) is 4. The molecule has 5 nitrogen and oxygen atoms in total. The van der Waals surface area contributed by atoms with Crippen molar-refractivity contribution < 1.29 is 17.6 Å². The molecule has 1 fully saturated rings. The maximum Gasteiger partial charge on any atom is 0.241 e. The van der Waals surface area contributed by atoms with Gasteiger partial charge in [0.15, 0.2) is 5.78 Å². The molecular weight excluding hydrogens is 398 g/mol. The average molecular weight is 417 g/mol. The molecule has 2 aromatic carbocycles. The summed E-state index contributed by atoms with van der Waals surface area (Å²) in [4.78, 5) is 13.6. The van der Waals surface area contributed by atoms with Gasteiger partial charge in [0, 0.05) is 17.4 Å². The van der Waals surface area contributed by atoms with Crippen LogP contribution in [0.1, 0.15) is 29.2 Å². The van der Waals surface area contributed by atoms with Crippen LogP contribution in [-0.2, 0) is 20.4 Å². The number of benzene rings is 2. The highest BCUT2D eigenvalue weighted by molar-refractivity contribution is 7.89. The zero-order valence-corrected chi connectivity index (χ0v) is 16.8. The molecule has 2 aliphatic carbocycles. The summed E-state index contributed by atoms with van der Waals surface area (Å²) in [6.07, 6.45) is 3.75. The zero-order chi connectivity index (χ0) is 20.5. The normalized spacial score (nSPS) is 31.0. The number of furan rings is 1. The maximum absolute atomic E-state index is 13.3. The fraction of sp³-hybridized carbons (Fsp3) is 0.208. The Bertz CT molecular complexity index is 1290. The van der Waals surface area contributed by atoms with E-state index < -0.39 is 15.6 Å². The molecule has 2 heterocycles. The molecule has 0 saturated heterocycles. The van der Waals surface area contributed by atoms with Gasteiger partial charge in [0.05, 0.1) is 16.7 Å². The second-order valence-electron chi connectivity index (χ2n) is 8.28. The Morgan fingerprint density at radius 2 is 1.73 bits per heavy atom. The zero-order valence-electron chi connectivity index (χ0n) is 16.0. The van der Waals surface area contributed by atoms with Crippen LogP contribution in [0.5, 0.6) is 0 Å². The predicted molar refractivity (Wildman–Crippen MR) is 111 cm³/mol. The van der Waals surface area contributed by atoms with E-state index in [0.29, 0.717) is 17.1 Å². The van der Waals surface area contributed by atoms with Gasteiger partial charge in [-0.05, 0) is 47.7 Å². The minimum Gasteiger partial charge on any atom is -0.465 e. The first-order valence-corrected chi connectivity index (χ1v) is 11.5. The van der Waals surface area contributed by atoms with Crippen LogP contribution in [-0.4, -0.2) is 14.2 Å². The maximum atomic E-state index is 13.3. The summed E-state index contributed by atoms with van der Waals surface area (Å²) in [6.45, 7) is 0. The van der Waals surface area contributed by atoms with Crippen LogP contribution in [0.3, 0.4) is 0 Å². The van der Waals surface area contributed by atoms with Gasteiger partial charge in [-0.1, -0.05) is 48.5 Å². The lowest BCUT2D eigenvalue weighted by molar-refractivity contribution is -0.118. The SMILES string of the molecule is O=C1C=C(c2ccco2)[C@H]2[C@@H]1[C@H](c1ccccc1)C[C@@]21NS(=O)(=O)c2ccccc21. The number of sulfonamides is 1. The first-order valence-electron chi connectivity index (χ1n) is 9.99. The fourth-order valence-corrected chi connectivity index (χ4v) is 7.50. The van der Waals surface area contributed by atoms with E-state index >= 15 is 0 Å². The second-order valence-corrected chi connectivity index (χ2v) is 9.93. The molecule has 30 heavy (non-hydrogen) atoms. The molecule has 0 unspecified atom stereocenters.